The third kappa shape index (κ3) is 8.72. The Bertz CT molecular complexity index is 2490. The van der Waals surface area contributed by atoms with Gasteiger partial charge in [0, 0.05) is 30.1 Å². The predicted octanol–water partition coefficient (Wildman–Crippen LogP) is 8.88. The van der Waals surface area contributed by atoms with Crippen molar-refractivity contribution in [3.63, 3.8) is 0 Å². The van der Waals surface area contributed by atoms with Crippen LogP contribution in [0.5, 0.6) is 0 Å². The average molecular weight is 884 g/mol. The molecule has 15 heteroatoms. The van der Waals surface area contributed by atoms with Gasteiger partial charge in [-0.25, -0.2) is 9.97 Å². The molecule has 332 valence electrons. The standard InChI is InChI=1S/C48H52F3N5O6S/c1-46(2,62)33-22-36-39(23-35(33)53-42(59)34-7-4-8-40(52-34)48(49,50)51)63-43(54-36)30-13-9-27(10-14-30)26-55-19-17-47(18-20-55)24-28(25-47)11-12-29-5-3-6-32-41(29)45(61)56(44(32)60)37-16-15-31(57)21-38(37)58/h3-8,22-23,27-28,30,37,62H,9-21,24-26H2,1-2H3,(H,53,59). The number of aliphatic hydroxyl groups is 1. The first-order chi connectivity index (χ1) is 29.9. The molecule has 2 aliphatic heterocycles. The second-order valence-electron chi connectivity index (χ2n) is 19.2. The molecule has 0 bridgehead atoms. The number of fused-ring (bicyclic) bond motifs is 2. The van der Waals surface area contributed by atoms with E-state index in [1.165, 1.54) is 31.7 Å². The molecular formula is C48H52F3N5O6S. The fourth-order valence-electron chi connectivity index (χ4n) is 11.0. The molecule has 9 rings (SSSR count). The zero-order valence-corrected chi connectivity index (χ0v) is 36.4. The van der Waals surface area contributed by atoms with Crippen LogP contribution >= 0.6 is 11.3 Å². The van der Waals surface area contributed by atoms with E-state index in [0.717, 1.165) is 84.0 Å². The molecule has 0 radical (unpaired) electrons. The van der Waals surface area contributed by atoms with Crippen molar-refractivity contribution >= 4 is 56.5 Å². The van der Waals surface area contributed by atoms with Gasteiger partial charge in [-0.2, -0.15) is 13.2 Å². The number of Topliss-reactive ketones (excluding diaryl/α,β-unsaturated/α-hetero) is 2. The number of nitrogens with one attached hydrogen (secondary N) is 1. The number of hydrogen-bond donors (Lipinski definition) is 2. The van der Waals surface area contributed by atoms with E-state index < -0.39 is 41.2 Å². The molecule has 3 aliphatic carbocycles. The number of likely N-dealkylation sites (tertiary alicyclic amines) is 1. The number of imide groups is 1. The number of rotatable bonds is 10. The summed E-state index contributed by atoms with van der Waals surface area (Å²) >= 11 is 1.55. The summed E-state index contributed by atoms with van der Waals surface area (Å²) in [5.74, 6) is -0.629. The van der Waals surface area contributed by atoms with Crippen LogP contribution in [0.3, 0.4) is 0 Å². The Morgan fingerprint density at radius 2 is 1.65 bits per heavy atom. The van der Waals surface area contributed by atoms with E-state index in [-0.39, 0.29) is 36.5 Å². The van der Waals surface area contributed by atoms with E-state index in [2.05, 4.69) is 15.2 Å². The van der Waals surface area contributed by atoms with Gasteiger partial charge in [0.05, 0.1) is 44.4 Å². The predicted molar refractivity (Wildman–Crippen MR) is 231 cm³/mol. The second kappa shape index (κ2) is 16.6. The minimum Gasteiger partial charge on any atom is -0.386 e. The van der Waals surface area contributed by atoms with Crippen LogP contribution in [-0.4, -0.2) is 79.8 Å². The Morgan fingerprint density at radius 1 is 0.921 bits per heavy atom. The second-order valence-corrected chi connectivity index (χ2v) is 20.3. The molecule has 4 fully saturated rings. The van der Waals surface area contributed by atoms with Gasteiger partial charge < -0.3 is 15.3 Å². The van der Waals surface area contributed by atoms with Crippen LogP contribution in [0.2, 0.25) is 0 Å². The molecule has 3 amide bonds. The van der Waals surface area contributed by atoms with Gasteiger partial charge in [0.2, 0.25) is 0 Å². The molecule has 2 aromatic carbocycles. The molecule has 2 N–H and O–H groups in total. The Labute approximate surface area is 367 Å². The number of aromatic nitrogens is 2. The molecule has 1 saturated heterocycles. The Balaban J connectivity index is 0.748. The number of thiazole rings is 1. The molecular weight excluding hydrogens is 832 g/mol. The molecule has 63 heavy (non-hydrogen) atoms. The molecule has 4 aromatic rings. The number of amides is 3. The minimum absolute atomic E-state index is 0.141. The molecule has 11 nitrogen and oxygen atoms in total. The van der Waals surface area contributed by atoms with Gasteiger partial charge >= 0.3 is 6.18 Å². The molecule has 1 atom stereocenters. The third-order valence-electron chi connectivity index (χ3n) is 14.4. The van der Waals surface area contributed by atoms with Crippen LogP contribution in [0.15, 0.2) is 48.5 Å². The van der Waals surface area contributed by atoms with Crippen molar-refractivity contribution < 1.29 is 42.3 Å². The van der Waals surface area contributed by atoms with E-state index in [1.54, 1.807) is 43.4 Å². The van der Waals surface area contributed by atoms with E-state index in [9.17, 15) is 42.3 Å². The van der Waals surface area contributed by atoms with E-state index in [4.69, 9.17) is 4.98 Å². The first-order valence-electron chi connectivity index (χ1n) is 22.2. The summed E-state index contributed by atoms with van der Waals surface area (Å²) in [5.41, 5.74) is 0.572. The van der Waals surface area contributed by atoms with Crippen molar-refractivity contribution in [1.29, 1.82) is 0 Å². The zero-order chi connectivity index (χ0) is 44.4. The van der Waals surface area contributed by atoms with Gasteiger partial charge in [0.15, 0.2) is 5.78 Å². The number of aryl methyl sites for hydroxylation is 1. The van der Waals surface area contributed by atoms with Crippen molar-refractivity contribution in [1.82, 2.24) is 19.8 Å². The van der Waals surface area contributed by atoms with E-state index in [1.807, 2.05) is 12.1 Å². The maximum absolute atomic E-state index is 13.6. The van der Waals surface area contributed by atoms with Crippen LogP contribution in [0.1, 0.15) is 150 Å². The van der Waals surface area contributed by atoms with Gasteiger partial charge in [-0.1, -0.05) is 18.2 Å². The van der Waals surface area contributed by atoms with Gasteiger partial charge in [-0.05, 0) is 151 Å². The number of alkyl halides is 3. The van der Waals surface area contributed by atoms with Crippen LogP contribution in [-0.2, 0) is 27.8 Å². The lowest BCUT2D eigenvalue weighted by atomic mass is 9.56. The lowest BCUT2D eigenvalue weighted by molar-refractivity contribution is -0.141. The van der Waals surface area contributed by atoms with Crippen molar-refractivity contribution in [3.8, 4) is 0 Å². The Hall–Kier alpha value is -4.86. The summed E-state index contributed by atoms with van der Waals surface area (Å²) in [5, 5.41) is 14.7. The van der Waals surface area contributed by atoms with Crippen molar-refractivity contribution in [3.05, 3.63) is 87.2 Å². The van der Waals surface area contributed by atoms with Crippen LogP contribution < -0.4 is 5.32 Å². The maximum Gasteiger partial charge on any atom is 0.433 e. The number of hydrogen-bond acceptors (Lipinski definition) is 10. The highest BCUT2D eigenvalue weighted by Crippen LogP contribution is 2.54. The summed E-state index contributed by atoms with van der Waals surface area (Å²) < 4.78 is 40.7. The average Bonchev–Trinajstić information content (AvgIpc) is 3.76. The Kier molecular flexibility index (Phi) is 11.4. The topological polar surface area (TPSA) is 150 Å². The smallest absolute Gasteiger partial charge is 0.386 e. The van der Waals surface area contributed by atoms with E-state index >= 15 is 0 Å². The van der Waals surface area contributed by atoms with Gasteiger partial charge in [-0.15, -0.1) is 11.3 Å². The largest absolute Gasteiger partial charge is 0.433 e. The lowest BCUT2D eigenvalue weighted by Crippen LogP contribution is -2.48. The fraction of sp³-hybridized carbons (Fsp3) is 0.521. The first kappa shape index (κ1) is 43.4. The van der Waals surface area contributed by atoms with Gasteiger partial charge in [-0.3, -0.25) is 28.9 Å². The summed E-state index contributed by atoms with van der Waals surface area (Å²) in [6.07, 6.45) is 6.18. The number of piperidine rings is 1. The molecule has 1 spiro atoms. The SMILES string of the molecule is CC(C)(O)c1cc2nc(C3CCC(CN4CCC5(CC4)CC(CCc4cccc6c4C(=O)N(C4CCC(=O)CC4=O)C6=O)C5)CC3)sc2cc1NC(=O)c1cccc(C(F)(F)F)n1. The number of carbonyl (C=O) groups excluding carboxylic acids is 5. The Morgan fingerprint density at radius 3 is 2.35 bits per heavy atom. The van der Waals surface area contributed by atoms with Crippen molar-refractivity contribution in [2.24, 2.45) is 17.3 Å². The third-order valence-corrected chi connectivity index (χ3v) is 15.6. The number of halogens is 3. The van der Waals surface area contributed by atoms with Gasteiger partial charge in [0.25, 0.3) is 17.7 Å². The monoisotopic (exact) mass is 883 g/mol. The molecule has 5 aliphatic rings. The lowest BCUT2D eigenvalue weighted by Gasteiger charge is -2.53. The molecule has 1 unspecified atom stereocenters. The summed E-state index contributed by atoms with van der Waals surface area (Å²) in [7, 11) is 0. The maximum atomic E-state index is 13.6. The quantitative estimate of drug-likeness (QED) is 0.118. The van der Waals surface area contributed by atoms with Crippen LogP contribution in [0.25, 0.3) is 10.2 Å². The number of nitrogens with zero attached hydrogens (tertiary/aromatic N) is 4. The zero-order valence-electron chi connectivity index (χ0n) is 35.6. The number of benzene rings is 2. The highest BCUT2D eigenvalue weighted by Gasteiger charge is 2.47. The number of anilines is 1. The highest BCUT2D eigenvalue weighted by atomic mass is 32.1. The normalized spacial score (nSPS) is 23.4. The fourth-order valence-corrected chi connectivity index (χ4v) is 12.1. The molecule has 3 saturated carbocycles. The molecule has 2 aromatic heterocycles. The number of carbonyl (C=O) groups is 5. The van der Waals surface area contributed by atoms with Crippen molar-refractivity contribution in [2.45, 2.75) is 121 Å². The summed E-state index contributed by atoms with van der Waals surface area (Å²) in [6.45, 7) is 6.46. The van der Waals surface area contributed by atoms with Crippen molar-refractivity contribution in [2.75, 3.05) is 25.0 Å². The van der Waals surface area contributed by atoms with Crippen LogP contribution in [0.4, 0.5) is 18.9 Å². The van der Waals surface area contributed by atoms with E-state index in [0.29, 0.717) is 57.5 Å². The summed E-state index contributed by atoms with van der Waals surface area (Å²) in [4.78, 5) is 76.6. The summed E-state index contributed by atoms with van der Waals surface area (Å²) in [6, 6.07) is 11.3. The number of pyridine rings is 1. The number of ketones is 2. The highest BCUT2D eigenvalue weighted by molar-refractivity contribution is 7.18. The first-order valence-corrected chi connectivity index (χ1v) is 23.1. The molecule has 4 heterocycles. The minimum atomic E-state index is -4.69. The van der Waals surface area contributed by atoms with Crippen LogP contribution in [0, 0.1) is 17.3 Å². The van der Waals surface area contributed by atoms with Gasteiger partial charge in [0.1, 0.15) is 17.2 Å².